The molecule has 1 aliphatic rings. The van der Waals surface area contributed by atoms with Crippen molar-refractivity contribution < 1.29 is 29.0 Å². The van der Waals surface area contributed by atoms with Gasteiger partial charge in [-0.05, 0) is 71.7 Å². The highest BCUT2D eigenvalue weighted by Crippen LogP contribution is 2.33. The van der Waals surface area contributed by atoms with Gasteiger partial charge in [0.25, 0.3) is 11.8 Å². The summed E-state index contributed by atoms with van der Waals surface area (Å²) >= 11 is 0. The fourth-order valence-corrected chi connectivity index (χ4v) is 6.08. The second-order valence-electron chi connectivity index (χ2n) is 11.0. The summed E-state index contributed by atoms with van der Waals surface area (Å²) < 4.78 is 11.0. The number of ether oxygens (including phenoxy) is 2. The first-order chi connectivity index (χ1) is 21.9. The summed E-state index contributed by atoms with van der Waals surface area (Å²) in [6, 6.07) is 28.1. The lowest BCUT2D eigenvalue weighted by molar-refractivity contribution is -0.137. The molecule has 0 aliphatic heterocycles. The molecule has 0 heterocycles. The summed E-state index contributed by atoms with van der Waals surface area (Å²) in [5.41, 5.74) is 5.35. The van der Waals surface area contributed by atoms with Crippen LogP contribution >= 0.6 is 0 Å². The molecule has 8 heteroatoms. The normalized spacial score (nSPS) is 13.8. The molecule has 4 aromatic carbocycles. The zero-order valence-corrected chi connectivity index (χ0v) is 25.6. The maximum atomic E-state index is 14.2. The third-order valence-electron chi connectivity index (χ3n) is 8.31. The van der Waals surface area contributed by atoms with Crippen molar-refractivity contribution in [1.29, 1.82) is 0 Å². The zero-order valence-electron chi connectivity index (χ0n) is 25.6. The second kappa shape index (κ2) is 14.6. The molecular weight excluding hydrogens is 568 g/mol. The van der Waals surface area contributed by atoms with Crippen molar-refractivity contribution in [3.8, 4) is 22.6 Å². The summed E-state index contributed by atoms with van der Waals surface area (Å²) in [5, 5.41) is 12.7. The number of aryl methyl sites for hydroxylation is 1. The molecule has 0 bridgehead atoms. The third-order valence-corrected chi connectivity index (χ3v) is 8.31. The highest BCUT2D eigenvalue weighted by molar-refractivity contribution is 6.06. The number of carboxylic acids is 1. The van der Waals surface area contributed by atoms with Crippen LogP contribution in [0.1, 0.15) is 62.7 Å². The van der Waals surface area contributed by atoms with Crippen LogP contribution in [0.15, 0.2) is 91.0 Å². The number of carboxylic acid groups (broad SMARTS) is 1. The number of aliphatic carboxylic acids is 1. The molecule has 5 rings (SSSR count). The number of nitrogens with zero attached hydrogens (tertiary/aromatic N) is 1. The zero-order chi connectivity index (χ0) is 31.8. The van der Waals surface area contributed by atoms with Crippen molar-refractivity contribution in [2.24, 2.45) is 0 Å². The Balaban J connectivity index is 1.44. The minimum Gasteiger partial charge on any atom is -0.493 e. The van der Waals surface area contributed by atoms with Gasteiger partial charge in [-0.15, -0.1) is 0 Å². The predicted molar refractivity (Wildman–Crippen MR) is 173 cm³/mol. The summed E-state index contributed by atoms with van der Waals surface area (Å²) in [4.78, 5) is 41.0. The van der Waals surface area contributed by atoms with Gasteiger partial charge in [0.05, 0.1) is 26.7 Å². The third kappa shape index (κ3) is 7.17. The molecule has 2 N–H and O–H groups in total. The fraction of sp³-hybridized carbons (Fsp3) is 0.270. The van der Waals surface area contributed by atoms with E-state index in [0.717, 1.165) is 30.4 Å². The van der Waals surface area contributed by atoms with Gasteiger partial charge in [-0.1, -0.05) is 72.8 Å². The average Bonchev–Trinajstić information content (AvgIpc) is 3.07. The number of carbonyl (C=O) groups excluding carboxylic acids is 2. The molecule has 0 aromatic heterocycles. The van der Waals surface area contributed by atoms with Gasteiger partial charge in [0.15, 0.2) is 11.5 Å². The van der Waals surface area contributed by atoms with Crippen molar-refractivity contribution in [3.05, 3.63) is 119 Å². The minimum atomic E-state index is -0.994. The molecule has 0 spiro atoms. The number of benzene rings is 4. The topological polar surface area (TPSA) is 105 Å². The molecule has 45 heavy (non-hydrogen) atoms. The molecule has 1 atom stereocenters. The van der Waals surface area contributed by atoms with E-state index in [-0.39, 0.29) is 37.4 Å². The van der Waals surface area contributed by atoms with E-state index in [2.05, 4.69) is 17.4 Å². The van der Waals surface area contributed by atoms with Crippen molar-refractivity contribution >= 4 is 17.8 Å². The lowest BCUT2D eigenvalue weighted by Gasteiger charge is -2.27. The molecule has 0 radical (unpaired) electrons. The first kappa shape index (κ1) is 31.3. The van der Waals surface area contributed by atoms with Crippen LogP contribution in [-0.2, 0) is 17.6 Å². The van der Waals surface area contributed by atoms with Crippen LogP contribution < -0.4 is 14.8 Å². The van der Waals surface area contributed by atoms with Gasteiger partial charge in [-0.25, -0.2) is 0 Å². The monoisotopic (exact) mass is 606 g/mol. The maximum Gasteiger partial charge on any atom is 0.305 e. The molecule has 0 saturated heterocycles. The summed E-state index contributed by atoms with van der Waals surface area (Å²) in [5.74, 6) is -0.360. The summed E-state index contributed by atoms with van der Waals surface area (Å²) in [7, 11) is 3.12. The lowest BCUT2D eigenvalue weighted by atomic mass is 9.87. The Morgan fingerprint density at radius 1 is 0.822 bits per heavy atom. The van der Waals surface area contributed by atoms with Crippen LogP contribution in [0.25, 0.3) is 11.1 Å². The first-order valence-corrected chi connectivity index (χ1v) is 15.2. The van der Waals surface area contributed by atoms with E-state index < -0.39 is 5.97 Å². The Bertz CT molecular complexity index is 1680. The number of carbonyl (C=O) groups is 3. The Kier molecular flexibility index (Phi) is 10.1. The Labute approximate surface area is 263 Å². The van der Waals surface area contributed by atoms with Crippen LogP contribution in [0.2, 0.25) is 0 Å². The van der Waals surface area contributed by atoms with Crippen LogP contribution in [0.4, 0.5) is 0 Å². The second-order valence-corrected chi connectivity index (χ2v) is 11.0. The average molecular weight is 607 g/mol. The molecule has 0 saturated carbocycles. The molecule has 8 nitrogen and oxygen atoms in total. The molecule has 4 aromatic rings. The van der Waals surface area contributed by atoms with Crippen molar-refractivity contribution in [3.63, 3.8) is 0 Å². The largest absolute Gasteiger partial charge is 0.493 e. The number of para-hydroxylation sites is 1. The molecule has 1 aliphatic carbocycles. The molecule has 0 fully saturated rings. The number of methoxy groups -OCH3 is 2. The van der Waals surface area contributed by atoms with Crippen LogP contribution in [0, 0.1) is 0 Å². The Morgan fingerprint density at radius 3 is 2.24 bits per heavy atom. The van der Waals surface area contributed by atoms with Gasteiger partial charge in [-0.2, -0.15) is 0 Å². The van der Waals surface area contributed by atoms with Crippen molar-refractivity contribution in [2.75, 3.05) is 27.3 Å². The number of hydrogen-bond donors (Lipinski definition) is 2. The van der Waals surface area contributed by atoms with E-state index in [1.807, 2.05) is 54.6 Å². The highest BCUT2D eigenvalue weighted by atomic mass is 16.5. The number of rotatable bonds is 12. The number of hydrogen-bond acceptors (Lipinski definition) is 5. The van der Waals surface area contributed by atoms with Crippen molar-refractivity contribution in [2.45, 2.75) is 38.1 Å². The molecule has 1 unspecified atom stereocenters. The van der Waals surface area contributed by atoms with Gasteiger partial charge in [0.1, 0.15) is 0 Å². The van der Waals surface area contributed by atoms with E-state index in [0.29, 0.717) is 40.2 Å². The minimum absolute atomic E-state index is 0.0258. The Hall–Kier alpha value is -5.11. The molecule has 232 valence electrons. The number of nitrogens with one attached hydrogen (secondary N) is 1. The number of amides is 2. The smallest absolute Gasteiger partial charge is 0.305 e. The van der Waals surface area contributed by atoms with E-state index in [4.69, 9.17) is 9.47 Å². The van der Waals surface area contributed by atoms with Crippen LogP contribution in [-0.4, -0.2) is 55.1 Å². The number of fused-ring (bicyclic) bond motifs is 1. The van der Waals surface area contributed by atoms with E-state index >= 15 is 0 Å². The predicted octanol–water partition coefficient (Wildman–Crippen LogP) is 6.34. The van der Waals surface area contributed by atoms with E-state index in [1.165, 1.54) is 5.56 Å². The molecule has 2 amide bonds. The quantitative estimate of drug-likeness (QED) is 0.195. The first-order valence-electron chi connectivity index (χ1n) is 15.2. The SMILES string of the molecule is COc1cccc(CCN(CCC(=O)O)C(=O)c2ccccc2-c2ccccc2C(=O)NC2CCCc3ccccc32)c1OC. The lowest BCUT2D eigenvalue weighted by Crippen LogP contribution is -2.35. The van der Waals surface area contributed by atoms with E-state index in [9.17, 15) is 19.5 Å². The van der Waals surface area contributed by atoms with E-state index in [1.54, 1.807) is 43.4 Å². The van der Waals surface area contributed by atoms with Crippen molar-refractivity contribution in [1.82, 2.24) is 10.2 Å². The van der Waals surface area contributed by atoms with Crippen LogP contribution in [0.5, 0.6) is 11.5 Å². The molecular formula is C37H38N2O6. The maximum absolute atomic E-state index is 14.2. The van der Waals surface area contributed by atoms with Gasteiger partial charge >= 0.3 is 5.97 Å². The summed E-state index contributed by atoms with van der Waals surface area (Å²) in [6.45, 7) is 0.283. The van der Waals surface area contributed by atoms with Gasteiger partial charge in [0.2, 0.25) is 0 Å². The van der Waals surface area contributed by atoms with Gasteiger partial charge in [-0.3, -0.25) is 14.4 Å². The van der Waals surface area contributed by atoms with Gasteiger partial charge < -0.3 is 24.8 Å². The summed E-state index contributed by atoms with van der Waals surface area (Å²) in [6.07, 6.45) is 3.07. The highest BCUT2D eigenvalue weighted by Gasteiger charge is 2.26. The standard InChI is InChI=1S/C37H38N2O6/c1-44-33-20-10-13-26(35(33)45-2)21-23-39(24-22-34(40)41)37(43)31-18-8-6-16-29(31)28-15-5-7-17-30(28)36(42)38-32-19-9-12-25-11-3-4-14-27(25)32/h3-8,10-11,13-18,20,32H,9,12,19,21-24H2,1-2H3,(H,38,42)(H,40,41). The Morgan fingerprint density at radius 2 is 1.51 bits per heavy atom. The van der Waals surface area contributed by atoms with Gasteiger partial charge in [0, 0.05) is 24.2 Å². The fourth-order valence-electron chi connectivity index (χ4n) is 6.08. The van der Waals surface area contributed by atoms with Crippen LogP contribution in [0.3, 0.4) is 0 Å².